The SMILES string of the molecule is CC(C)(C)c1ccccc1NS(=O)(=O)c1ccc(N2C(=O)CCCC2=O)cc1. The summed E-state index contributed by atoms with van der Waals surface area (Å²) in [5, 5.41) is 0. The Labute approximate surface area is 165 Å². The van der Waals surface area contributed by atoms with E-state index in [1.54, 1.807) is 12.1 Å². The third kappa shape index (κ3) is 4.09. The molecule has 28 heavy (non-hydrogen) atoms. The molecule has 0 aliphatic carbocycles. The van der Waals surface area contributed by atoms with Gasteiger partial charge >= 0.3 is 0 Å². The van der Waals surface area contributed by atoms with Gasteiger partial charge in [0.05, 0.1) is 16.3 Å². The first-order valence-corrected chi connectivity index (χ1v) is 10.7. The maximum Gasteiger partial charge on any atom is 0.261 e. The van der Waals surface area contributed by atoms with Crippen molar-refractivity contribution in [2.24, 2.45) is 0 Å². The van der Waals surface area contributed by atoms with Crippen LogP contribution < -0.4 is 9.62 Å². The van der Waals surface area contributed by atoms with Gasteiger partial charge in [0.1, 0.15) is 0 Å². The molecule has 0 unspecified atom stereocenters. The van der Waals surface area contributed by atoms with Crippen LogP contribution >= 0.6 is 0 Å². The maximum atomic E-state index is 12.8. The second-order valence-corrected chi connectivity index (χ2v) is 9.55. The van der Waals surface area contributed by atoms with Gasteiger partial charge < -0.3 is 0 Å². The van der Waals surface area contributed by atoms with Gasteiger partial charge in [-0.15, -0.1) is 0 Å². The van der Waals surface area contributed by atoms with Crippen molar-refractivity contribution in [3.8, 4) is 0 Å². The predicted molar refractivity (Wildman–Crippen MR) is 109 cm³/mol. The Morgan fingerprint density at radius 2 is 1.46 bits per heavy atom. The zero-order valence-electron chi connectivity index (χ0n) is 16.2. The fourth-order valence-electron chi connectivity index (χ4n) is 3.25. The number of nitrogens with one attached hydrogen (secondary N) is 1. The molecule has 0 radical (unpaired) electrons. The van der Waals surface area contributed by atoms with E-state index >= 15 is 0 Å². The molecule has 1 N–H and O–H groups in total. The zero-order valence-corrected chi connectivity index (χ0v) is 17.0. The molecule has 2 aromatic carbocycles. The van der Waals surface area contributed by atoms with Crippen LogP contribution in [0.1, 0.15) is 45.6 Å². The molecular formula is C21H24N2O4S. The molecule has 7 heteroatoms. The molecule has 1 aliphatic heterocycles. The minimum absolute atomic E-state index is 0.0665. The van der Waals surface area contributed by atoms with Gasteiger partial charge in [0.15, 0.2) is 0 Å². The predicted octanol–water partition coefficient (Wildman–Crippen LogP) is 3.83. The van der Waals surface area contributed by atoms with E-state index in [0.717, 1.165) is 10.5 Å². The van der Waals surface area contributed by atoms with Gasteiger partial charge in [-0.3, -0.25) is 19.2 Å². The second kappa shape index (κ2) is 7.39. The fraction of sp³-hybridized carbons (Fsp3) is 0.333. The normalized spacial score (nSPS) is 15.6. The number of amides is 2. The van der Waals surface area contributed by atoms with E-state index < -0.39 is 10.0 Å². The molecule has 1 fully saturated rings. The van der Waals surface area contributed by atoms with Crippen LogP contribution in [-0.2, 0) is 25.0 Å². The van der Waals surface area contributed by atoms with Crippen LogP contribution in [0.15, 0.2) is 53.4 Å². The first-order chi connectivity index (χ1) is 13.1. The molecular weight excluding hydrogens is 376 g/mol. The van der Waals surface area contributed by atoms with Gasteiger partial charge in [0, 0.05) is 12.8 Å². The number of sulfonamides is 1. The van der Waals surface area contributed by atoms with Crippen molar-refractivity contribution in [2.75, 3.05) is 9.62 Å². The Morgan fingerprint density at radius 1 is 0.893 bits per heavy atom. The highest BCUT2D eigenvalue weighted by atomic mass is 32.2. The number of rotatable bonds is 4. The van der Waals surface area contributed by atoms with E-state index in [0.29, 0.717) is 30.6 Å². The number of para-hydroxylation sites is 1. The van der Waals surface area contributed by atoms with Crippen molar-refractivity contribution in [1.29, 1.82) is 0 Å². The molecule has 0 aromatic heterocycles. The molecule has 3 rings (SSSR count). The van der Waals surface area contributed by atoms with E-state index in [-0.39, 0.29) is 22.1 Å². The highest BCUT2D eigenvalue weighted by molar-refractivity contribution is 7.92. The Hall–Kier alpha value is -2.67. The lowest BCUT2D eigenvalue weighted by Crippen LogP contribution is -2.40. The molecule has 148 valence electrons. The van der Waals surface area contributed by atoms with Crippen LogP contribution in [0.3, 0.4) is 0 Å². The van der Waals surface area contributed by atoms with E-state index in [9.17, 15) is 18.0 Å². The number of benzene rings is 2. The van der Waals surface area contributed by atoms with Crippen molar-refractivity contribution in [2.45, 2.75) is 50.3 Å². The summed E-state index contributed by atoms with van der Waals surface area (Å²) in [4.78, 5) is 25.3. The number of anilines is 2. The quantitative estimate of drug-likeness (QED) is 0.791. The molecule has 2 aromatic rings. The lowest BCUT2D eigenvalue weighted by Gasteiger charge is -2.25. The summed E-state index contributed by atoms with van der Waals surface area (Å²) in [7, 11) is -3.81. The van der Waals surface area contributed by atoms with E-state index in [2.05, 4.69) is 4.72 Å². The second-order valence-electron chi connectivity index (χ2n) is 7.87. The van der Waals surface area contributed by atoms with Crippen molar-refractivity contribution < 1.29 is 18.0 Å². The van der Waals surface area contributed by atoms with E-state index in [1.165, 1.54) is 24.3 Å². The summed E-state index contributed by atoms with van der Waals surface area (Å²) in [5.74, 6) is -0.520. The van der Waals surface area contributed by atoms with Crippen LogP contribution in [0.4, 0.5) is 11.4 Å². The van der Waals surface area contributed by atoms with Crippen molar-refractivity contribution >= 4 is 33.2 Å². The van der Waals surface area contributed by atoms with Gasteiger partial charge in [-0.05, 0) is 47.7 Å². The highest BCUT2D eigenvalue weighted by Crippen LogP contribution is 2.31. The smallest absolute Gasteiger partial charge is 0.261 e. The van der Waals surface area contributed by atoms with Crippen molar-refractivity contribution in [3.05, 3.63) is 54.1 Å². The van der Waals surface area contributed by atoms with Gasteiger partial charge in [-0.1, -0.05) is 39.0 Å². The van der Waals surface area contributed by atoms with Crippen LogP contribution in [0.25, 0.3) is 0 Å². The van der Waals surface area contributed by atoms with E-state index in [1.807, 2.05) is 32.9 Å². The lowest BCUT2D eigenvalue weighted by atomic mass is 9.86. The van der Waals surface area contributed by atoms with Gasteiger partial charge in [-0.25, -0.2) is 8.42 Å². The number of carbonyl (C=O) groups is 2. The van der Waals surface area contributed by atoms with Crippen molar-refractivity contribution in [1.82, 2.24) is 0 Å². The average Bonchev–Trinajstić information content (AvgIpc) is 2.61. The first kappa shape index (κ1) is 20.1. The largest absolute Gasteiger partial charge is 0.279 e. The summed E-state index contributed by atoms with van der Waals surface area (Å²) in [5.41, 5.74) is 1.58. The molecule has 0 atom stereocenters. The molecule has 0 spiro atoms. The molecule has 0 saturated carbocycles. The number of piperidine rings is 1. The number of hydrogen-bond acceptors (Lipinski definition) is 4. The van der Waals surface area contributed by atoms with Crippen LogP contribution in [0.5, 0.6) is 0 Å². The first-order valence-electron chi connectivity index (χ1n) is 9.18. The monoisotopic (exact) mass is 400 g/mol. The molecule has 1 heterocycles. The van der Waals surface area contributed by atoms with Crippen molar-refractivity contribution in [3.63, 3.8) is 0 Å². The molecule has 2 amide bonds. The Morgan fingerprint density at radius 3 is 2.04 bits per heavy atom. The summed E-state index contributed by atoms with van der Waals surface area (Å²) >= 11 is 0. The third-order valence-corrected chi connectivity index (χ3v) is 6.05. The zero-order chi connectivity index (χ0) is 20.5. The topological polar surface area (TPSA) is 83.6 Å². The minimum Gasteiger partial charge on any atom is -0.279 e. The number of carbonyl (C=O) groups excluding carboxylic acids is 2. The van der Waals surface area contributed by atoms with Gasteiger partial charge in [0.2, 0.25) is 11.8 Å². The minimum atomic E-state index is -3.81. The summed E-state index contributed by atoms with van der Waals surface area (Å²) in [6.45, 7) is 6.05. The molecule has 1 aliphatic rings. The van der Waals surface area contributed by atoms with Crippen LogP contribution in [0, 0.1) is 0 Å². The van der Waals surface area contributed by atoms with Gasteiger partial charge in [0.25, 0.3) is 10.0 Å². The van der Waals surface area contributed by atoms with Crippen LogP contribution in [-0.4, -0.2) is 20.2 Å². The standard InChI is InChI=1S/C21H24N2O4S/c1-21(2,3)17-7-4-5-8-18(17)22-28(26,27)16-13-11-15(12-14-16)23-19(24)9-6-10-20(23)25/h4-5,7-8,11-14,22H,6,9-10H2,1-3H3. The maximum absolute atomic E-state index is 12.8. The Balaban J connectivity index is 1.88. The van der Waals surface area contributed by atoms with Crippen LogP contribution in [0.2, 0.25) is 0 Å². The van der Waals surface area contributed by atoms with E-state index in [4.69, 9.17) is 0 Å². The molecule has 1 saturated heterocycles. The third-order valence-electron chi connectivity index (χ3n) is 4.66. The molecule has 6 nitrogen and oxygen atoms in total. The molecule has 0 bridgehead atoms. The summed E-state index contributed by atoms with van der Waals surface area (Å²) < 4.78 is 28.3. The Kier molecular flexibility index (Phi) is 5.30. The fourth-order valence-corrected chi connectivity index (χ4v) is 4.33. The average molecular weight is 401 g/mol. The summed E-state index contributed by atoms with van der Waals surface area (Å²) in [6.07, 6.45) is 1.19. The number of nitrogens with zero attached hydrogens (tertiary/aromatic N) is 1. The lowest BCUT2D eigenvalue weighted by molar-refractivity contribution is -0.129. The summed E-state index contributed by atoms with van der Waals surface area (Å²) in [6, 6.07) is 13.1. The highest BCUT2D eigenvalue weighted by Gasteiger charge is 2.28. The Bertz CT molecular complexity index is 989. The number of hydrogen-bond donors (Lipinski definition) is 1. The number of imide groups is 1. The van der Waals surface area contributed by atoms with Gasteiger partial charge in [-0.2, -0.15) is 0 Å².